The van der Waals surface area contributed by atoms with Crippen molar-refractivity contribution in [3.8, 4) is 0 Å². The first-order valence-electron chi connectivity index (χ1n) is 6.55. The van der Waals surface area contributed by atoms with Crippen LogP contribution >= 0.6 is 23.2 Å². The first-order valence-corrected chi connectivity index (χ1v) is 7.30. The summed E-state index contributed by atoms with van der Waals surface area (Å²) in [5.41, 5.74) is 1.11. The van der Waals surface area contributed by atoms with Gasteiger partial charge in [0.2, 0.25) is 0 Å². The van der Waals surface area contributed by atoms with Crippen LogP contribution in [0.3, 0.4) is 0 Å². The highest BCUT2D eigenvalue weighted by atomic mass is 35.5. The van der Waals surface area contributed by atoms with Crippen molar-refractivity contribution in [1.29, 1.82) is 0 Å². The van der Waals surface area contributed by atoms with E-state index in [0.717, 1.165) is 18.5 Å². The topological polar surface area (TPSA) is 59.0 Å². The predicted octanol–water partition coefficient (Wildman–Crippen LogP) is 2.98. The number of aromatic nitrogens is 3. The molecule has 108 valence electrons. The molecule has 2 heterocycles. The Balaban J connectivity index is 1.87. The molecule has 1 fully saturated rings. The van der Waals surface area contributed by atoms with Crippen LogP contribution in [0.2, 0.25) is 10.3 Å². The van der Waals surface area contributed by atoms with Gasteiger partial charge in [-0.1, -0.05) is 29.3 Å². The van der Waals surface area contributed by atoms with Crippen LogP contribution in [-0.4, -0.2) is 32.0 Å². The van der Waals surface area contributed by atoms with E-state index < -0.39 is 0 Å². The number of rotatable bonds is 4. The quantitative estimate of drug-likeness (QED) is 0.868. The van der Waals surface area contributed by atoms with Crippen LogP contribution in [0.4, 0.5) is 0 Å². The molecular formula is C14H12Cl2N4O. The van der Waals surface area contributed by atoms with E-state index in [2.05, 4.69) is 15.2 Å². The molecule has 7 heteroatoms. The number of carbonyl (C=O) groups is 1. The maximum atomic E-state index is 12.7. The molecule has 0 spiro atoms. The Hall–Kier alpha value is -1.72. The zero-order valence-electron chi connectivity index (χ0n) is 11.0. The molecule has 1 aliphatic carbocycles. The third-order valence-electron chi connectivity index (χ3n) is 3.26. The van der Waals surface area contributed by atoms with Crippen molar-refractivity contribution in [3.05, 3.63) is 52.0 Å². The molecule has 1 saturated carbocycles. The lowest BCUT2D eigenvalue weighted by atomic mass is 10.2. The molecular weight excluding hydrogens is 311 g/mol. The van der Waals surface area contributed by atoms with Crippen molar-refractivity contribution in [2.45, 2.75) is 25.4 Å². The van der Waals surface area contributed by atoms with Gasteiger partial charge in [0.05, 0.1) is 17.8 Å². The lowest BCUT2D eigenvalue weighted by Crippen LogP contribution is -2.33. The molecule has 0 radical (unpaired) electrons. The molecule has 2 aromatic heterocycles. The highest BCUT2D eigenvalue weighted by molar-refractivity contribution is 6.34. The van der Waals surface area contributed by atoms with Crippen LogP contribution in [-0.2, 0) is 6.54 Å². The van der Waals surface area contributed by atoms with Crippen molar-refractivity contribution < 1.29 is 4.79 Å². The molecule has 3 rings (SSSR count). The fourth-order valence-corrected chi connectivity index (χ4v) is 2.40. The number of halogens is 2. The Bertz CT molecular complexity index is 661. The smallest absolute Gasteiger partial charge is 0.257 e. The largest absolute Gasteiger partial charge is 0.330 e. The normalized spacial score (nSPS) is 14.0. The van der Waals surface area contributed by atoms with E-state index >= 15 is 0 Å². The van der Waals surface area contributed by atoms with Crippen LogP contribution in [0.15, 0.2) is 30.5 Å². The van der Waals surface area contributed by atoms with Gasteiger partial charge in [-0.05, 0) is 31.0 Å². The Morgan fingerprint density at radius 2 is 2.10 bits per heavy atom. The lowest BCUT2D eigenvalue weighted by Gasteiger charge is -2.22. The van der Waals surface area contributed by atoms with E-state index in [-0.39, 0.29) is 27.8 Å². The molecule has 1 amide bonds. The van der Waals surface area contributed by atoms with Gasteiger partial charge in [0, 0.05) is 12.2 Å². The fourth-order valence-electron chi connectivity index (χ4n) is 2.08. The van der Waals surface area contributed by atoms with E-state index in [1.807, 2.05) is 18.2 Å². The minimum Gasteiger partial charge on any atom is -0.330 e. The van der Waals surface area contributed by atoms with Gasteiger partial charge < -0.3 is 4.90 Å². The number of pyridine rings is 1. The van der Waals surface area contributed by atoms with Crippen molar-refractivity contribution in [3.63, 3.8) is 0 Å². The maximum Gasteiger partial charge on any atom is 0.257 e. The molecule has 0 atom stereocenters. The van der Waals surface area contributed by atoms with E-state index in [0.29, 0.717) is 6.54 Å². The molecule has 0 N–H and O–H groups in total. The average molecular weight is 323 g/mol. The molecule has 21 heavy (non-hydrogen) atoms. The summed E-state index contributed by atoms with van der Waals surface area (Å²) < 4.78 is 0. The number of hydrogen-bond acceptors (Lipinski definition) is 4. The van der Waals surface area contributed by atoms with Gasteiger partial charge in [0.25, 0.3) is 5.91 Å². The fraction of sp³-hybridized carbons (Fsp3) is 0.286. The minimum absolute atomic E-state index is 0.0658. The van der Waals surface area contributed by atoms with Crippen molar-refractivity contribution >= 4 is 29.1 Å². The summed E-state index contributed by atoms with van der Waals surface area (Å²) in [6.45, 7) is 0.445. The second-order valence-corrected chi connectivity index (χ2v) is 5.60. The maximum absolute atomic E-state index is 12.7. The van der Waals surface area contributed by atoms with Crippen LogP contribution < -0.4 is 0 Å². The van der Waals surface area contributed by atoms with Gasteiger partial charge in [0.1, 0.15) is 0 Å². The second kappa shape index (κ2) is 5.95. The van der Waals surface area contributed by atoms with Gasteiger partial charge in [-0.25, -0.2) is 0 Å². The van der Waals surface area contributed by atoms with E-state index in [1.165, 1.54) is 6.07 Å². The summed E-state index contributed by atoms with van der Waals surface area (Å²) in [4.78, 5) is 18.7. The molecule has 0 saturated heterocycles. The average Bonchev–Trinajstić information content (AvgIpc) is 3.32. The molecule has 5 nitrogen and oxygen atoms in total. The highest BCUT2D eigenvalue weighted by Crippen LogP contribution is 2.30. The molecule has 1 aliphatic rings. The van der Waals surface area contributed by atoms with Crippen molar-refractivity contribution in [2.75, 3.05) is 0 Å². The van der Waals surface area contributed by atoms with E-state index in [4.69, 9.17) is 23.2 Å². The lowest BCUT2D eigenvalue weighted by molar-refractivity contribution is 0.0727. The SMILES string of the molecule is O=C(c1cc(Cl)nnc1Cl)N(Cc1ccccn1)C1CC1. The Kier molecular flexibility index (Phi) is 4.03. The Labute approximate surface area is 131 Å². The summed E-state index contributed by atoms with van der Waals surface area (Å²) in [6, 6.07) is 7.31. The molecule has 0 bridgehead atoms. The zero-order valence-corrected chi connectivity index (χ0v) is 12.6. The Morgan fingerprint density at radius 1 is 1.29 bits per heavy atom. The minimum atomic E-state index is -0.190. The Morgan fingerprint density at radius 3 is 2.76 bits per heavy atom. The van der Waals surface area contributed by atoms with Crippen LogP contribution in [0.1, 0.15) is 28.9 Å². The van der Waals surface area contributed by atoms with Crippen LogP contribution in [0.5, 0.6) is 0 Å². The third kappa shape index (κ3) is 3.31. The standard InChI is InChI=1S/C14H12Cl2N4O/c15-12-7-11(13(16)19-18-12)14(21)20(10-4-5-10)8-9-3-1-2-6-17-9/h1-3,6-7,10H,4-5,8H2. The van der Waals surface area contributed by atoms with Gasteiger partial charge >= 0.3 is 0 Å². The summed E-state index contributed by atoms with van der Waals surface area (Å²) in [5.74, 6) is -0.190. The van der Waals surface area contributed by atoms with Crippen molar-refractivity contribution in [2.24, 2.45) is 0 Å². The predicted molar refractivity (Wildman–Crippen MR) is 79.2 cm³/mol. The summed E-state index contributed by atoms with van der Waals surface area (Å²) >= 11 is 11.8. The van der Waals surface area contributed by atoms with Gasteiger partial charge in [-0.2, -0.15) is 0 Å². The first-order chi connectivity index (χ1) is 10.1. The first kappa shape index (κ1) is 14.2. The van der Waals surface area contributed by atoms with Crippen LogP contribution in [0.25, 0.3) is 0 Å². The summed E-state index contributed by atoms with van der Waals surface area (Å²) in [6.07, 6.45) is 3.69. The molecule has 2 aromatic rings. The number of hydrogen-bond donors (Lipinski definition) is 0. The summed E-state index contributed by atoms with van der Waals surface area (Å²) in [7, 11) is 0. The number of nitrogens with zero attached hydrogens (tertiary/aromatic N) is 4. The monoisotopic (exact) mass is 322 g/mol. The van der Waals surface area contributed by atoms with E-state index in [9.17, 15) is 4.79 Å². The molecule has 0 aromatic carbocycles. The molecule has 0 unspecified atom stereocenters. The summed E-state index contributed by atoms with van der Waals surface area (Å²) in [5, 5.41) is 7.53. The van der Waals surface area contributed by atoms with E-state index in [1.54, 1.807) is 11.1 Å². The molecule has 0 aliphatic heterocycles. The van der Waals surface area contributed by atoms with Crippen LogP contribution in [0, 0.1) is 0 Å². The van der Waals surface area contributed by atoms with Crippen molar-refractivity contribution in [1.82, 2.24) is 20.1 Å². The number of amides is 1. The van der Waals surface area contributed by atoms with Gasteiger partial charge in [-0.3, -0.25) is 9.78 Å². The number of carbonyl (C=O) groups excluding carboxylic acids is 1. The van der Waals surface area contributed by atoms with Gasteiger partial charge in [0.15, 0.2) is 10.3 Å². The zero-order chi connectivity index (χ0) is 14.8. The third-order valence-corrected chi connectivity index (χ3v) is 3.72. The van der Waals surface area contributed by atoms with Gasteiger partial charge in [-0.15, -0.1) is 10.2 Å². The highest BCUT2D eigenvalue weighted by Gasteiger charge is 2.34. The second-order valence-electron chi connectivity index (χ2n) is 4.86.